The highest BCUT2D eigenvalue weighted by molar-refractivity contribution is 6.17. The Balaban J connectivity index is 3.30. The van der Waals surface area contributed by atoms with Crippen LogP contribution in [0.3, 0.4) is 0 Å². The number of rotatable bonds is 2. The van der Waals surface area contributed by atoms with E-state index in [1.165, 1.54) is 0 Å². The molecule has 0 saturated heterocycles. The second-order valence-corrected chi connectivity index (χ2v) is 3.14. The molecule has 4 heteroatoms. The van der Waals surface area contributed by atoms with Gasteiger partial charge in [0.15, 0.2) is 0 Å². The lowest BCUT2D eigenvalue weighted by Gasteiger charge is -2.09. The molecule has 0 aromatic carbocycles. The highest BCUT2D eigenvalue weighted by atomic mass is 35.5. The van der Waals surface area contributed by atoms with Crippen molar-refractivity contribution in [3.05, 3.63) is 28.6 Å². The van der Waals surface area contributed by atoms with Gasteiger partial charge in [0.05, 0.1) is 11.6 Å². The smallest absolute Gasteiger partial charge is 0.256 e. The van der Waals surface area contributed by atoms with Crippen LogP contribution in [0.25, 0.3) is 0 Å². The fourth-order valence-electron chi connectivity index (χ4n) is 1.32. The fraction of sp³-hybridized carbons (Fsp3) is 0.444. The molecule has 0 spiro atoms. The molecule has 0 aliphatic heterocycles. The van der Waals surface area contributed by atoms with Crippen LogP contribution >= 0.6 is 11.6 Å². The molecule has 0 radical (unpaired) electrons. The van der Waals surface area contributed by atoms with Gasteiger partial charge >= 0.3 is 0 Å². The predicted octanol–water partition coefficient (Wildman–Crippen LogP) is 3.37. The number of aryl methyl sites for hydroxylation is 2. The van der Waals surface area contributed by atoms with Crippen LogP contribution in [-0.2, 0) is 5.88 Å². The normalized spacial score (nSPS) is 10.9. The summed E-state index contributed by atoms with van der Waals surface area (Å²) in [6.45, 7) is 3.41. The standard InChI is InChI=1S/C9H10ClF2N/c1-5-3-6(2)13-7(4-10)8(5)9(11)12/h3,9H,4H2,1-2H3. The molecule has 0 fully saturated rings. The number of halogens is 3. The molecule has 0 unspecified atom stereocenters. The van der Waals surface area contributed by atoms with Gasteiger partial charge in [0.25, 0.3) is 6.43 Å². The summed E-state index contributed by atoms with van der Waals surface area (Å²) in [4.78, 5) is 3.96. The largest absolute Gasteiger partial charge is 0.265 e. The van der Waals surface area contributed by atoms with Crippen molar-refractivity contribution in [1.29, 1.82) is 0 Å². The topological polar surface area (TPSA) is 12.9 Å². The van der Waals surface area contributed by atoms with Crippen LogP contribution < -0.4 is 0 Å². The molecule has 0 N–H and O–H groups in total. The van der Waals surface area contributed by atoms with E-state index >= 15 is 0 Å². The van der Waals surface area contributed by atoms with Crippen molar-refractivity contribution in [2.45, 2.75) is 26.2 Å². The van der Waals surface area contributed by atoms with E-state index in [0.29, 0.717) is 5.56 Å². The SMILES string of the molecule is Cc1cc(C)c(C(F)F)c(CCl)n1. The van der Waals surface area contributed by atoms with Crippen LogP contribution in [0.1, 0.15) is 28.9 Å². The summed E-state index contributed by atoms with van der Waals surface area (Å²) >= 11 is 5.52. The summed E-state index contributed by atoms with van der Waals surface area (Å²) < 4.78 is 25.0. The molecule has 1 nitrogen and oxygen atoms in total. The van der Waals surface area contributed by atoms with Gasteiger partial charge in [-0.15, -0.1) is 11.6 Å². The molecule has 1 aromatic heterocycles. The first-order valence-electron chi connectivity index (χ1n) is 3.87. The van der Waals surface area contributed by atoms with E-state index in [9.17, 15) is 8.78 Å². The van der Waals surface area contributed by atoms with Gasteiger partial charge in [-0.1, -0.05) is 0 Å². The highest BCUT2D eigenvalue weighted by Crippen LogP contribution is 2.26. The zero-order valence-electron chi connectivity index (χ0n) is 7.44. The van der Waals surface area contributed by atoms with Crippen LogP contribution in [-0.4, -0.2) is 4.98 Å². The first-order chi connectivity index (χ1) is 6.06. The molecule has 1 aromatic rings. The molecule has 0 atom stereocenters. The minimum atomic E-state index is -2.50. The van der Waals surface area contributed by atoms with Crippen LogP contribution in [0.15, 0.2) is 6.07 Å². The molecule has 0 saturated carbocycles. The van der Waals surface area contributed by atoms with Crippen LogP contribution in [0.4, 0.5) is 8.78 Å². The minimum Gasteiger partial charge on any atom is -0.256 e. The van der Waals surface area contributed by atoms with Gasteiger partial charge in [-0.25, -0.2) is 8.78 Å². The summed E-state index contributed by atoms with van der Waals surface area (Å²) in [6.07, 6.45) is -2.50. The number of nitrogens with zero attached hydrogens (tertiary/aromatic N) is 1. The van der Waals surface area contributed by atoms with Crippen molar-refractivity contribution in [3.63, 3.8) is 0 Å². The summed E-state index contributed by atoms with van der Waals surface area (Å²) in [5.74, 6) is 0.0300. The molecule has 0 bridgehead atoms. The van der Waals surface area contributed by atoms with Crippen molar-refractivity contribution in [1.82, 2.24) is 4.98 Å². The Labute approximate surface area is 80.7 Å². The maximum absolute atomic E-state index is 12.5. The molecular weight excluding hydrogens is 196 g/mol. The zero-order chi connectivity index (χ0) is 10.0. The lowest BCUT2D eigenvalue weighted by molar-refractivity contribution is 0.149. The fourth-order valence-corrected chi connectivity index (χ4v) is 1.53. The Morgan fingerprint density at radius 1 is 1.46 bits per heavy atom. The van der Waals surface area contributed by atoms with Gasteiger partial charge in [0.2, 0.25) is 0 Å². The lowest BCUT2D eigenvalue weighted by Crippen LogP contribution is -2.01. The molecule has 1 rings (SSSR count). The lowest BCUT2D eigenvalue weighted by atomic mass is 10.1. The summed E-state index contributed by atoms with van der Waals surface area (Å²) in [6, 6.07) is 1.64. The quantitative estimate of drug-likeness (QED) is 0.675. The Morgan fingerprint density at radius 3 is 2.54 bits per heavy atom. The van der Waals surface area contributed by atoms with Crippen LogP contribution in [0.2, 0.25) is 0 Å². The van der Waals surface area contributed by atoms with Gasteiger partial charge < -0.3 is 0 Å². The molecular formula is C9H10ClF2N. The van der Waals surface area contributed by atoms with Gasteiger partial charge in [0.1, 0.15) is 0 Å². The third kappa shape index (κ3) is 2.15. The second-order valence-electron chi connectivity index (χ2n) is 2.88. The van der Waals surface area contributed by atoms with Crippen molar-refractivity contribution in [3.8, 4) is 0 Å². The second kappa shape index (κ2) is 4.01. The van der Waals surface area contributed by atoms with E-state index in [4.69, 9.17) is 11.6 Å². The Morgan fingerprint density at radius 2 is 2.08 bits per heavy atom. The molecule has 13 heavy (non-hydrogen) atoms. The monoisotopic (exact) mass is 205 g/mol. The third-order valence-corrected chi connectivity index (χ3v) is 2.07. The summed E-state index contributed by atoms with van der Waals surface area (Å²) in [5, 5.41) is 0. The number of hydrogen-bond donors (Lipinski definition) is 0. The number of alkyl halides is 3. The molecule has 1 heterocycles. The van der Waals surface area contributed by atoms with Crippen LogP contribution in [0.5, 0.6) is 0 Å². The van der Waals surface area contributed by atoms with E-state index in [1.54, 1.807) is 19.9 Å². The van der Waals surface area contributed by atoms with E-state index in [0.717, 1.165) is 5.69 Å². The van der Waals surface area contributed by atoms with Gasteiger partial charge in [-0.3, -0.25) is 4.98 Å². The van der Waals surface area contributed by atoms with Crippen molar-refractivity contribution in [2.75, 3.05) is 0 Å². The number of aromatic nitrogens is 1. The van der Waals surface area contributed by atoms with Gasteiger partial charge in [0, 0.05) is 11.3 Å². The minimum absolute atomic E-state index is 0.0272. The zero-order valence-corrected chi connectivity index (χ0v) is 8.20. The van der Waals surface area contributed by atoms with Crippen molar-refractivity contribution >= 4 is 11.6 Å². The van der Waals surface area contributed by atoms with Crippen molar-refractivity contribution in [2.24, 2.45) is 0 Å². The third-order valence-electron chi connectivity index (χ3n) is 1.82. The molecule has 72 valence electrons. The van der Waals surface area contributed by atoms with Gasteiger partial charge in [-0.05, 0) is 25.5 Å². The summed E-state index contributed by atoms with van der Waals surface area (Å²) in [5.41, 5.74) is 1.53. The Kier molecular flexibility index (Phi) is 3.20. The number of pyridine rings is 1. The van der Waals surface area contributed by atoms with Crippen molar-refractivity contribution < 1.29 is 8.78 Å². The molecule has 0 aliphatic rings. The maximum atomic E-state index is 12.5. The average molecular weight is 206 g/mol. The Hall–Kier alpha value is -0.700. The van der Waals surface area contributed by atoms with E-state index in [1.807, 2.05) is 0 Å². The number of hydrogen-bond acceptors (Lipinski definition) is 1. The Bertz CT molecular complexity index is 313. The first kappa shape index (κ1) is 10.4. The molecule has 0 amide bonds. The first-order valence-corrected chi connectivity index (χ1v) is 4.41. The van der Waals surface area contributed by atoms with Gasteiger partial charge in [-0.2, -0.15) is 0 Å². The average Bonchev–Trinajstić information content (AvgIpc) is 2.01. The van der Waals surface area contributed by atoms with E-state index in [2.05, 4.69) is 4.98 Å². The maximum Gasteiger partial charge on any atom is 0.265 e. The summed E-state index contributed by atoms with van der Waals surface area (Å²) in [7, 11) is 0. The van der Waals surface area contributed by atoms with E-state index < -0.39 is 6.43 Å². The highest BCUT2D eigenvalue weighted by Gasteiger charge is 2.16. The van der Waals surface area contributed by atoms with Crippen LogP contribution in [0, 0.1) is 13.8 Å². The van der Waals surface area contributed by atoms with E-state index in [-0.39, 0.29) is 17.1 Å². The molecule has 0 aliphatic carbocycles. The predicted molar refractivity (Wildman–Crippen MR) is 48.2 cm³/mol.